The van der Waals surface area contributed by atoms with Gasteiger partial charge in [0.05, 0.1) is 5.56 Å². The highest BCUT2D eigenvalue weighted by Gasteiger charge is 2.01. The van der Waals surface area contributed by atoms with E-state index < -0.39 is 5.91 Å². The summed E-state index contributed by atoms with van der Waals surface area (Å²) in [5.74, 6) is -0.488. The SMILES string of the molecule is Clc1ccccn1.NC(=O)c1ccccc1N. The Morgan fingerprint density at radius 2 is 1.76 bits per heavy atom. The molecule has 0 aliphatic carbocycles. The van der Waals surface area contributed by atoms with E-state index >= 15 is 0 Å². The van der Waals surface area contributed by atoms with Crippen molar-refractivity contribution in [2.75, 3.05) is 5.73 Å². The van der Waals surface area contributed by atoms with Crippen molar-refractivity contribution in [2.24, 2.45) is 5.73 Å². The molecule has 0 saturated heterocycles. The van der Waals surface area contributed by atoms with Gasteiger partial charge in [0.2, 0.25) is 0 Å². The zero-order valence-corrected chi connectivity index (χ0v) is 9.76. The first-order valence-electron chi connectivity index (χ1n) is 4.82. The fourth-order valence-electron chi connectivity index (χ4n) is 1.06. The Morgan fingerprint density at radius 1 is 1.12 bits per heavy atom. The van der Waals surface area contributed by atoms with Gasteiger partial charge in [-0.2, -0.15) is 0 Å². The Morgan fingerprint density at radius 3 is 2.12 bits per heavy atom. The number of pyridine rings is 1. The number of halogens is 1. The number of carbonyl (C=O) groups excluding carboxylic acids is 1. The van der Waals surface area contributed by atoms with Gasteiger partial charge in [-0.3, -0.25) is 4.79 Å². The number of hydrogen-bond donors (Lipinski definition) is 2. The van der Waals surface area contributed by atoms with Crippen LogP contribution in [0.2, 0.25) is 5.15 Å². The molecule has 0 fully saturated rings. The molecule has 0 aliphatic rings. The summed E-state index contributed by atoms with van der Waals surface area (Å²) in [6.45, 7) is 0. The van der Waals surface area contributed by atoms with Crippen LogP contribution in [0.3, 0.4) is 0 Å². The summed E-state index contributed by atoms with van der Waals surface area (Å²) in [7, 11) is 0. The summed E-state index contributed by atoms with van der Waals surface area (Å²) in [4.78, 5) is 14.3. The summed E-state index contributed by atoms with van der Waals surface area (Å²) in [5, 5.41) is 0.544. The lowest BCUT2D eigenvalue weighted by Crippen LogP contribution is -2.12. The Labute approximate surface area is 104 Å². The molecular formula is C12H12ClN3O. The number of rotatable bonds is 1. The van der Waals surface area contributed by atoms with Crippen LogP contribution < -0.4 is 11.5 Å². The third-order valence-electron chi connectivity index (χ3n) is 1.86. The highest BCUT2D eigenvalue weighted by atomic mass is 35.5. The summed E-state index contributed by atoms with van der Waals surface area (Å²) < 4.78 is 0. The van der Waals surface area contributed by atoms with Crippen LogP contribution in [-0.2, 0) is 0 Å². The Kier molecular flexibility index (Phi) is 4.97. The number of benzene rings is 1. The number of carbonyl (C=O) groups is 1. The van der Waals surface area contributed by atoms with Crippen LogP contribution in [0, 0.1) is 0 Å². The average Bonchev–Trinajstić information content (AvgIpc) is 2.31. The lowest BCUT2D eigenvalue weighted by atomic mass is 10.2. The lowest BCUT2D eigenvalue weighted by Gasteiger charge is -1.97. The van der Waals surface area contributed by atoms with E-state index in [4.69, 9.17) is 23.1 Å². The topological polar surface area (TPSA) is 82.0 Å². The van der Waals surface area contributed by atoms with Gasteiger partial charge in [0.25, 0.3) is 5.91 Å². The van der Waals surface area contributed by atoms with Crippen LogP contribution in [0.15, 0.2) is 48.7 Å². The first-order chi connectivity index (χ1) is 8.11. The van der Waals surface area contributed by atoms with Gasteiger partial charge in [-0.05, 0) is 24.3 Å². The standard InChI is InChI=1S/C7H8N2O.C5H4ClN/c8-6-4-2-1-3-5(6)7(9)10;6-5-3-1-2-4-7-5/h1-4H,8H2,(H2,9,10);1-4H. The number of nitrogens with two attached hydrogens (primary N) is 2. The van der Waals surface area contributed by atoms with E-state index in [1.54, 1.807) is 36.5 Å². The minimum absolute atomic E-state index is 0.377. The average molecular weight is 250 g/mol. The number of nitrogens with zero attached hydrogens (tertiary/aromatic N) is 1. The monoisotopic (exact) mass is 249 g/mol. The smallest absolute Gasteiger partial charge is 0.250 e. The van der Waals surface area contributed by atoms with E-state index in [9.17, 15) is 4.79 Å². The molecular weight excluding hydrogens is 238 g/mol. The Hall–Kier alpha value is -2.07. The molecule has 0 bridgehead atoms. The number of nitrogen functional groups attached to an aromatic ring is 1. The van der Waals surface area contributed by atoms with Crippen molar-refractivity contribution in [3.8, 4) is 0 Å². The molecule has 2 aromatic rings. The fourth-order valence-corrected chi connectivity index (χ4v) is 1.19. The highest BCUT2D eigenvalue weighted by molar-refractivity contribution is 6.29. The van der Waals surface area contributed by atoms with Crippen LogP contribution in [0.4, 0.5) is 5.69 Å². The van der Waals surface area contributed by atoms with Crippen LogP contribution >= 0.6 is 11.6 Å². The molecule has 2 rings (SSSR count). The molecule has 0 spiro atoms. The third-order valence-corrected chi connectivity index (χ3v) is 2.08. The zero-order chi connectivity index (χ0) is 12.7. The van der Waals surface area contributed by atoms with Crippen molar-refractivity contribution in [3.05, 3.63) is 59.4 Å². The Bertz CT molecular complexity index is 488. The molecule has 0 radical (unpaired) electrons. The molecule has 4 N–H and O–H groups in total. The Balaban J connectivity index is 0.000000181. The van der Waals surface area contributed by atoms with Gasteiger partial charge in [0.15, 0.2) is 0 Å². The van der Waals surface area contributed by atoms with Gasteiger partial charge in [0, 0.05) is 11.9 Å². The molecule has 5 heteroatoms. The second-order valence-electron chi connectivity index (χ2n) is 3.10. The molecule has 17 heavy (non-hydrogen) atoms. The van der Waals surface area contributed by atoms with E-state index in [0.29, 0.717) is 16.4 Å². The first-order valence-corrected chi connectivity index (χ1v) is 5.20. The van der Waals surface area contributed by atoms with Gasteiger partial charge >= 0.3 is 0 Å². The molecule has 0 atom stereocenters. The third kappa shape index (κ3) is 4.53. The predicted molar refractivity (Wildman–Crippen MR) is 68.6 cm³/mol. The number of primary amides is 1. The molecule has 1 heterocycles. The molecule has 1 amide bonds. The maximum absolute atomic E-state index is 10.6. The van der Waals surface area contributed by atoms with Crippen molar-refractivity contribution in [3.63, 3.8) is 0 Å². The molecule has 0 aliphatic heterocycles. The minimum atomic E-state index is -0.488. The largest absolute Gasteiger partial charge is 0.398 e. The second-order valence-corrected chi connectivity index (χ2v) is 3.49. The summed E-state index contributed by atoms with van der Waals surface area (Å²) >= 11 is 5.43. The summed E-state index contributed by atoms with van der Waals surface area (Å²) in [5.41, 5.74) is 11.2. The minimum Gasteiger partial charge on any atom is -0.398 e. The fraction of sp³-hybridized carbons (Fsp3) is 0. The summed E-state index contributed by atoms with van der Waals surface area (Å²) in [6, 6.07) is 12.1. The number of hydrogen-bond acceptors (Lipinski definition) is 3. The van der Waals surface area contributed by atoms with E-state index in [1.165, 1.54) is 0 Å². The van der Waals surface area contributed by atoms with Crippen LogP contribution in [0.1, 0.15) is 10.4 Å². The summed E-state index contributed by atoms with van der Waals surface area (Å²) in [6.07, 6.45) is 1.66. The van der Waals surface area contributed by atoms with E-state index in [2.05, 4.69) is 4.98 Å². The van der Waals surface area contributed by atoms with Gasteiger partial charge in [-0.1, -0.05) is 29.8 Å². The number of amides is 1. The number of anilines is 1. The molecule has 88 valence electrons. The van der Waals surface area contributed by atoms with Crippen molar-refractivity contribution in [1.29, 1.82) is 0 Å². The first kappa shape index (κ1) is 13.0. The molecule has 1 aromatic heterocycles. The van der Waals surface area contributed by atoms with Crippen molar-refractivity contribution in [2.45, 2.75) is 0 Å². The van der Waals surface area contributed by atoms with Gasteiger partial charge < -0.3 is 11.5 Å². The van der Waals surface area contributed by atoms with Crippen molar-refractivity contribution in [1.82, 2.24) is 4.98 Å². The maximum Gasteiger partial charge on any atom is 0.250 e. The number of aromatic nitrogens is 1. The predicted octanol–water partition coefficient (Wildman–Crippen LogP) is 2.10. The van der Waals surface area contributed by atoms with Crippen LogP contribution in [-0.4, -0.2) is 10.9 Å². The van der Waals surface area contributed by atoms with Gasteiger partial charge in [0.1, 0.15) is 5.15 Å². The van der Waals surface area contributed by atoms with Gasteiger partial charge in [-0.25, -0.2) is 4.98 Å². The van der Waals surface area contributed by atoms with E-state index in [1.807, 2.05) is 12.1 Å². The zero-order valence-electron chi connectivity index (χ0n) is 9.01. The maximum atomic E-state index is 10.6. The van der Waals surface area contributed by atoms with Crippen molar-refractivity contribution >= 4 is 23.2 Å². The second kappa shape index (κ2) is 6.50. The molecule has 0 unspecified atom stereocenters. The molecule has 4 nitrogen and oxygen atoms in total. The molecule has 0 saturated carbocycles. The van der Waals surface area contributed by atoms with E-state index in [-0.39, 0.29) is 0 Å². The molecule has 1 aromatic carbocycles. The number of para-hydroxylation sites is 1. The van der Waals surface area contributed by atoms with E-state index in [0.717, 1.165) is 0 Å². The van der Waals surface area contributed by atoms with Gasteiger partial charge in [-0.15, -0.1) is 0 Å². The quantitative estimate of drug-likeness (QED) is 0.600. The van der Waals surface area contributed by atoms with Crippen LogP contribution in [0.5, 0.6) is 0 Å². The highest BCUT2D eigenvalue weighted by Crippen LogP contribution is 2.08. The lowest BCUT2D eigenvalue weighted by molar-refractivity contribution is 0.100. The van der Waals surface area contributed by atoms with Crippen LogP contribution in [0.25, 0.3) is 0 Å². The normalized spacial score (nSPS) is 9.00. The van der Waals surface area contributed by atoms with Crippen molar-refractivity contribution < 1.29 is 4.79 Å².